The Morgan fingerprint density at radius 2 is 2.29 bits per heavy atom. The summed E-state index contributed by atoms with van der Waals surface area (Å²) in [4.78, 5) is 14.4. The lowest BCUT2D eigenvalue weighted by molar-refractivity contribution is 0.214. The summed E-state index contributed by atoms with van der Waals surface area (Å²) in [6.45, 7) is 1.36. The maximum absolute atomic E-state index is 12.6. The van der Waals surface area contributed by atoms with Gasteiger partial charge in [0.25, 0.3) is 0 Å². The van der Waals surface area contributed by atoms with Gasteiger partial charge in [0.05, 0.1) is 24.3 Å². The molecule has 3 rings (SSSR count). The lowest BCUT2D eigenvalue weighted by atomic mass is 10.2. The van der Waals surface area contributed by atoms with Crippen molar-refractivity contribution in [1.82, 2.24) is 4.90 Å². The number of ether oxygens (including phenoxy) is 1. The molecule has 0 spiro atoms. The van der Waals surface area contributed by atoms with Gasteiger partial charge in [-0.15, -0.1) is 11.8 Å². The van der Waals surface area contributed by atoms with E-state index in [-0.39, 0.29) is 6.03 Å². The second-order valence-corrected chi connectivity index (χ2v) is 7.17. The van der Waals surface area contributed by atoms with Crippen LogP contribution in [0.5, 0.6) is 5.75 Å². The Labute approximate surface area is 150 Å². The highest BCUT2D eigenvalue weighted by molar-refractivity contribution is 7.99. The van der Waals surface area contributed by atoms with E-state index >= 15 is 0 Å². The largest absolute Gasteiger partial charge is 0.495 e. The van der Waals surface area contributed by atoms with Crippen molar-refractivity contribution in [3.63, 3.8) is 0 Å². The van der Waals surface area contributed by atoms with E-state index in [9.17, 15) is 4.79 Å². The molecule has 1 unspecified atom stereocenters. The van der Waals surface area contributed by atoms with Crippen LogP contribution in [0.15, 0.2) is 41.0 Å². The summed E-state index contributed by atoms with van der Waals surface area (Å²) in [7, 11) is 1.56. The van der Waals surface area contributed by atoms with E-state index in [1.165, 1.54) is 0 Å². The molecule has 1 aliphatic heterocycles. The van der Waals surface area contributed by atoms with Gasteiger partial charge in [-0.3, -0.25) is 0 Å². The monoisotopic (exact) mass is 366 g/mol. The number of amides is 2. The number of furan rings is 1. The molecule has 1 N–H and O–H groups in total. The van der Waals surface area contributed by atoms with Crippen molar-refractivity contribution in [3.05, 3.63) is 47.4 Å². The Bertz CT molecular complexity index is 693. The second-order valence-electron chi connectivity index (χ2n) is 5.43. The first-order valence-corrected chi connectivity index (χ1v) is 9.14. The third-order valence-electron chi connectivity index (χ3n) is 3.89. The van der Waals surface area contributed by atoms with E-state index in [0.717, 1.165) is 17.9 Å². The fraction of sp³-hybridized carbons (Fsp3) is 0.353. The number of hydrogen-bond donors (Lipinski definition) is 1. The van der Waals surface area contributed by atoms with Gasteiger partial charge in [0.2, 0.25) is 0 Å². The SMILES string of the molecule is COc1ccc(Cl)cc1NC(=O)N1CCSC(c2ccco2)CC1. The zero-order valence-corrected chi connectivity index (χ0v) is 14.9. The van der Waals surface area contributed by atoms with Gasteiger partial charge in [0, 0.05) is 23.9 Å². The predicted octanol–water partition coefficient (Wildman–Crippen LogP) is 4.65. The first kappa shape index (κ1) is 17.0. The highest BCUT2D eigenvalue weighted by Gasteiger charge is 2.24. The minimum absolute atomic E-state index is 0.142. The van der Waals surface area contributed by atoms with Crippen LogP contribution in [-0.2, 0) is 0 Å². The quantitative estimate of drug-likeness (QED) is 0.858. The molecule has 128 valence electrons. The topological polar surface area (TPSA) is 54.7 Å². The van der Waals surface area contributed by atoms with Crippen LogP contribution in [0.1, 0.15) is 17.4 Å². The maximum Gasteiger partial charge on any atom is 0.321 e. The summed E-state index contributed by atoms with van der Waals surface area (Å²) >= 11 is 7.83. The smallest absolute Gasteiger partial charge is 0.321 e. The van der Waals surface area contributed by atoms with Crippen molar-refractivity contribution in [3.8, 4) is 5.75 Å². The number of anilines is 1. The van der Waals surface area contributed by atoms with Crippen LogP contribution in [0.2, 0.25) is 5.02 Å². The predicted molar refractivity (Wildman–Crippen MR) is 97.1 cm³/mol. The summed E-state index contributed by atoms with van der Waals surface area (Å²) in [6, 6.07) is 8.91. The zero-order chi connectivity index (χ0) is 16.9. The minimum atomic E-state index is -0.142. The Morgan fingerprint density at radius 3 is 3.04 bits per heavy atom. The molecular weight excluding hydrogens is 348 g/mol. The molecule has 5 nitrogen and oxygen atoms in total. The number of thioether (sulfide) groups is 1. The van der Waals surface area contributed by atoms with Gasteiger partial charge in [-0.2, -0.15) is 0 Å². The first-order valence-electron chi connectivity index (χ1n) is 7.72. The molecule has 24 heavy (non-hydrogen) atoms. The highest BCUT2D eigenvalue weighted by Crippen LogP contribution is 2.35. The number of carbonyl (C=O) groups excluding carboxylic acids is 1. The fourth-order valence-corrected chi connectivity index (χ4v) is 4.00. The molecule has 2 amide bonds. The van der Waals surface area contributed by atoms with E-state index in [1.807, 2.05) is 28.8 Å². The van der Waals surface area contributed by atoms with E-state index in [2.05, 4.69) is 5.32 Å². The molecular formula is C17H19ClN2O3S. The molecule has 0 bridgehead atoms. The number of benzene rings is 1. The van der Waals surface area contributed by atoms with Crippen molar-refractivity contribution in [2.24, 2.45) is 0 Å². The Balaban J connectivity index is 1.64. The lowest BCUT2D eigenvalue weighted by Crippen LogP contribution is -2.36. The van der Waals surface area contributed by atoms with E-state index in [4.69, 9.17) is 20.8 Å². The molecule has 7 heteroatoms. The molecule has 1 atom stereocenters. The van der Waals surface area contributed by atoms with Gasteiger partial charge >= 0.3 is 6.03 Å². The third-order valence-corrected chi connectivity index (χ3v) is 5.42. The molecule has 0 saturated carbocycles. The Morgan fingerprint density at radius 1 is 1.42 bits per heavy atom. The van der Waals surface area contributed by atoms with Gasteiger partial charge in [-0.05, 0) is 36.8 Å². The average Bonchev–Trinajstić information content (AvgIpc) is 2.99. The van der Waals surface area contributed by atoms with Crippen molar-refractivity contribution in [1.29, 1.82) is 0 Å². The van der Waals surface area contributed by atoms with Crippen LogP contribution in [-0.4, -0.2) is 36.9 Å². The van der Waals surface area contributed by atoms with Crippen molar-refractivity contribution < 1.29 is 13.9 Å². The van der Waals surface area contributed by atoms with Crippen LogP contribution in [0.4, 0.5) is 10.5 Å². The van der Waals surface area contributed by atoms with Crippen LogP contribution in [0.3, 0.4) is 0 Å². The number of carbonyl (C=O) groups is 1. The zero-order valence-electron chi connectivity index (χ0n) is 13.3. The number of halogens is 1. The van der Waals surface area contributed by atoms with Gasteiger partial charge in [-0.1, -0.05) is 11.6 Å². The number of rotatable bonds is 3. The minimum Gasteiger partial charge on any atom is -0.495 e. The normalized spacial score (nSPS) is 18.1. The van der Waals surface area contributed by atoms with Crippen molar-refractivity contribution in [2.45, 2.75) is 11.7 Å². The fourth-order valence-electron chi connectivity index (χ4n) is 2.65. The second kappa shape index (κ2) is 7.85. The van der Waals surface area contributed by atoms with Crippen LogP contribution in [0, 0.1) is 0 Å². The molecule has 1 saturated heterocycles. The number of nitrogens with one attached hydrogen (secondary N) is 1. The molecule has 0 radical (unpaired) electrons. The summed E-state index contributed by atoms with van der Waals surface area (Å²) in [5.74, 6) is 2.43. The highest BCUT2D eigenvalue weighted by atomic mass is 35.5. The molecule has 1 aromatic carbocycles. The van der Waals surface area contributed by atoms with E-state index in [1.54, 1.807) is 31.6 Å². The molecule has 1 aromatic heterocycles. The molecule has 1 aliphatic rings. The molecule has 2 aromatic rings. The Hall–Kier alpha value is -1.79. The van der Waals surface area contributed by atoms with E-state index in [0.29, 0.717) is 34.8 Å². The van der Waals surface area contributed by atoms with E-state index < -0.39 is 0 Å². The van der Waals surface area contributed by atoms with Gasteiger partial charge in [-0.25, -0.2) is 4.79 Å². The lowest BCUT2D eigenvalue weighted by Gasteiger charge is -2.21. The summed E-state index contributed by atoms with van der Waals surface area (Å²) in [5.41, 5.74) is 0.578. The average molecular weight is 367 g/mol. The van der Waals surface area contributed by atoms with Crippen molar-refractivity contribution >= 4 is 35.1 Å². The molecule has 2 heterocycles. The number of hydrogen-bond acceptors (Lipinski definition) is 4. The summed E-state index contributed by atoms with van der Waals surface area (Å²) in [5, 5.41) is 3.74. The third kappa shape index (κ3) is 3.99. The first-order chi connectivity index (χ1) is 11.7. The number of nitrogens with zero attached hydrogens (tertiary/aromatic N) is 1. The van der Waals surface area contributed by atoms with Gasteiger partial charge < -0.3 is 19.4 Å². The van der Waals surface area contributed by atoms with Crippen LogP contribution >= 0.6 is 23.4 Å². The summed E-state index contributed by atoms with van der Waals surface area (Å²) < 4.78 is 10.8. The summed E-state index contributed by atoms with van der Waals surface area (Å²) in [6.07, 6.45) is 2.55. The van der Waals surface area contributed by atoms with Gasteiger partial charge in [0.15, 0.2) is 0 Å². The van der Waals surface area contributed by atoms with Gasteiger partial charge in [0.1, 0.15) is 11.5 Å². The maximum atomic E-state index is 12.6. The van der Waals surface area contributed by atoms with Crippen LogP contribution in [0.25, 0.3) is 0 Å². The van der Waals surface area contributed by atoms with Crippen molar-refractivity contribution in [2.75, 3.05) is 31.3 Å². The number of methoxy groups -OCH3 is 1. The molecule has 1 fully saturated rings. The Kier molecular flexibility index (Phi) is 5.58. The van der Waals surface area contributed by atoms with Crippen LogP contribution < -0.4 is 10.1 Å². The number of urea groups is 1. The standard InChI is InChI=1S/C17H19ClN2O3S/c1-22-14-5-4-12(18)11-13(14)19-17(21)20-7-6-16(24-10-8-20)15-3-2-9-23-15/h2-5,9,11,16H,6-8,10H2,1H3,(H,19,21). The molecule has 0 aliphatic carbocycles.